The van der Waals surface area contributed by atoms with Crippen LogP contribution in [0.15, 0.2) is 85.3 Å². The van der Waals surface area contributed by atoms with Gasteiger partial charge in [-0.2, -0.15) is 0 Å². The zero-order valence-corrected chi connectivity index (χ0v) is 19.3. The molecule has 2 aromatic heterocycles. The normalized spacial score (nSPS) is 14.0. The Kier molecular flexibility index (Phi) is 6.61. The Hall–Kier alpha value is -4.33. The molecule has 0 unspecified atom stereocenters. The van der Waals surface area contributed by atoms with E-state index in [9.17, 15) is 9.59 Å². The molecule has 5 rings (SSSR count). The number of ether oxygens (including phenoxy) is 1. The van der Waals surface area contributed by atoms with Gasteiger partial charge in [-0.3, -0.25) is 4.79 Å². The highest BCUT2D eigenvalue weighted by Crippen LogP contribution is 2.22. The van der Waals surface area contributed by atoms with Gasteiger partial charge in [-0.15, -0.1) is 0 Å². The lowest BCUT2D eigenvalue weighted by Gasteiger charge is -2.32. The summed E-state index contributed by atoms with van der Waals surface area (Å²) in [7, 11) is 0. The van der Waals surface area contributed by atoms with Gasteiger partial charge in [0.15, 0.2) is 0 Å². The number of hydrogen-bond donors (Lipinski definition) is 2. The summed E-state index contributed by atoms with van der Waals surface area (Å²) in [5.74, 6) is 0.816. The summed E-state index contributed by atoms with van der Waals surface area (Å²) >= 11 is 0. The van der Waals surface area contributed by atoms with Gasteiger partial charge < -0.3 is 24.7 Å². The maximum Gasteiger partial charge on any atom is 0.319 e. The molecule has 0 spiro atoms. The third-order valence-electron chi connectivity index (χ3n) is 6.08. The van der Waals surface area contributed by atoms with E-state index in [4.69, 9.17) is 4.74 Å². The molecule has 1 aliphatic rings. The monoisotopic (exact) mass is 469 g/mol. The Morgan fingerprint density at radius 3 is 2.51 bits per heavy atom. The van der Waals surface area contributed by atoms with Gasteiger partial charge >= 0.3 is 6.03 Å². The molecular formula is C27H27N5O3. The average Bonchev–Trinajstić information content (AvgIpc) is 3.37. The highest BCUT2D eigenvalue weighted by Gasteiger charge is 2.24. The molecule has 3 amide bonds. The van der Waals surface area contributed by atoms with E-state index in [1.54, 1.807) is 6.20 Å². The average molecular weight is 470 g/mol. The fourth-order valence-electron chi connectivity index (χ4n) is 4.17. The minimum atomic E-state index is -0.280. The van der Waals surface area contributed by atoms with Gasteiger partial charge in [0, 0.05) is 62.3 Å². The number of aromatic nitrogens is 2. The SMILES string of the molecule is O=C(NCc1ccn2ccnc2c1)Nc1ccc(OC2CCN(C(=O)c3ccccc3)CC2)cc1. The van der Waals surface area contributed by atoms with E-state index in [-0.39, 0.29) is 18.0 Å². The Morgan fingerprint density at radius 2 is 1.74 bits per heavy atom. The predicted octanol–water partition coefficient (Wildman–Crippen LogP) is 4.34. The van der Waals surface area contributed by atoms with Gasteiger partial charge in [0.05, 0.1) is 0 Å². The number of pyridine rings is 1. The van der Waals surface area contributed by atoms with E-state index in [2.05, 4.69) is 15.6 Å². The number of hydrogen-bond acceptors (Lipinski definition) is 4. The third-order valence-corrected chi connectivity index (χ3v) is 6.08. The largest absolute Gasteiger partial charge is 0.490 e. The molecule has 0 radical (unpaired) electrons. The van der Waals surface area contributed by atoms with Crippen LogP contribution in [0.4, 0.5) is 10.5 Å². The zero-order chi connectivity index (χ0) is 24.0. The van der Waals surface area contributed by atoms with Crippen LogP contribution in [0.5, 0.6) is 5.75 Å². The number of carbonyl (C=O) groups is 2. The lowest BCUT2D eigenvalue weighted by Crippen LogP contribution is -2.41. The molecule has 0 atom stereocenters. The molecule has 35 heavy (non-hydrogen) atoms. The number of fused-ring (bicyclic) bond motifs is 1. The summed E-state index contributed by atoms with van der Waals surface area (Å²) in [4.78, 5) is 31.0. The Balaban J connectivity index is 1.06. The van der Waals surface area contributed by atoms with Gasteiger partial charge in [-0.1, -0.05) is 18.2 Å². The minimum Gasteiger partial charge on any atom is -0.490 e. The van der Waals surface area contributed by atoms with Crippen molar-refractivity contribution in [3.63, 3.8) is 0 Å². The molecule has 3 heterocycles. The van der Waals surface area contributed by atoms with Crippen LogP contribution < -0.4 is 15.4 Å². The third kappa shape index (κ3) is 5.60. The van der Waals surface area contributed by atoms with Gasteiger partial charge in [-0.05, 0) is 54.1 Å². The van der Waals surface area contributed by atoms with Crippen LogP contribution in [-0.4, -0.2) is 45.4 Å². The fourth-order valence-corrected chi connectivity index (χ4v) is 4.17. The van der Waals surface area contributed by atoms with Crippen LogP contribution in [0.2, 0.25) is 0 Å². The van der Waals surface area contributed by atoms with E-state index < -0.39 is 0 Å². The van der Waals surface area contributed by atoms with E-state index in [0.717, 1.165) is 35.4 Å². The maximum atomic E-state index is 12.6. The van der Waals surface area contributed by atoms with Crippen LogP contribution in [0.3, 0.4) is 0 Å². The molecular weight excluding hydrogens is 442 g/mol. The molecule has 2 aromatic carbocycles. The zero-order valence-electron chi connectivity index (χ0n) is 19.3. The number of piperidine rings is 1. The second-order valence-electron chi connectivity index (χ2n) is 8.54. The van der Waals surface area contributed by atoms with Crippen LogP contribution in [0.25, 0.3) is 5.65 Å². The molecule has 0 saturated carbocycles. The maximum absolute atomic E-state index is 12.6. The van der Waals surface area contributed by atoms with Crippen molar-refractivity contribution in [2.75, 3.05) is 18.4 Å². The van der Waals surface area contributed by atoms with E-state index in [1.165, 1.54) is 0 Å². The van der Waals surface area contributed by atoms with Gasteiger partial charge in [0.2, 0.25) is 0 Å². The Morgan fingerprint density at radius 1 is 0.971 bits per heavy atom. The number of likely N-dealkylation sites (tertiary alicyclic amines) is 1. The Labute approximate surface area is 203 Å². The van der Waals surface area contributed by atoms with Crippen molar-refractivity contribution in [1.82, 2.24) is 19.6 Å². The Bertz CT molecular complexity index is 1300. The summed E-state index contributed by atoms with van der Waals surface area (Å²) < 4.78 is 8.03. The van der Waals surface area contributed by atoms with Crippen molar-refractivity contribution in [2.45, 2.75) is 25.5 Å². The number of rotatable bonds is 6. The van der Waals surface area contributed by atoms with E-state index in [1.807, 2.05) is 88.4 Å². The smallest absolute Gasteiger partial charge is 0.319 e. The molecule has 1 aliphatic heterocycles. The van der Waals surface area contributed by atoms with Crippen LogP contribution >= 0.6 is 0 Å². The van der Waals surface area contributed by atoms with Crippen LogP contribution in [0.1, 0.15) is 28.8 Å². The van der Waals surface area contributed by atoms with Crippen LogP contribution in [-0.2, 0) is 6.54 Å². The van der Waals surface area contributed by atoms with Gasteiger partial charge in [0.1, 0.15) is 17.5 Å². The summed E-state index contributed by atoms with van der Waals surface area (Å²) in [5.41, 5.74) is 3.22. The van der Waals surface area contributed by atoms with Gasteiger partial charge in [0.25, 0.3) is 5.91 Å². The first-order valence-electron chi connectivity index (χ1n) is 11.7. The van der Waals surface area contributed by atoms with Crippen molar-refractivity contribution in [1.29, 1.82) is 0 Å². The molecule has 0 bridgehead atoms. The topological polar surface area (TPSA) is 88.0 Å². The van der Waals surface area contributed by atoms with Crippen molar-refractivity contribution in [2.24, 2.45) is 0 Å². The van der Waals surface area contributed by atoms with Crippen molar-refractivity contribution in [3.8, 4) is 5.75 Å². The predicted molar refractivity (Wildman–Crippen MR) is 133 cm³/mol. The summed E-state index contributed by atoms with van der Waals surface area (Å²) in [6, 6.07) is 20.3. The van der Waals surface area contributed by atoms with E-state index in [0.29, 0.717) is 25.3 Å². The standard InChI is InChI=1S/C27H27N5O3/c33-26(21-4-2-1-3-5-21)32-15-11-24(12-16-32)35-23-8-6-22(7-9-23)30-27(34)29-19-20-10-14-31-17-13-28-25(31)18-20/h1-10,13-14,17-18,24H,11-12,15-16,19H2,(H2,29,30,34). The molecule has 2 N–H and O–H groups in total. The lowest BCUT2D eigenvalue weighted by atomic mass is 10.1. The van der Waals surface area contributed by atoms with E-state index >= 15 is 0 Å². The first-order chi connectivity index (χ1) is 17.1. The number of amides is 3. The highest BCUT2D eigenvalue weighted by molar-refractivity contribution is 5.94. The van der Waals surface area contributed by atoms with Crippen molar-refractivity contribution < 1.29 is 14.3 Å². The first-order valence-corrected chi connectivity index (χ1v) is 11.7. The number of benzene rings is 2. The number of nitrogens with zero attached hydrogens (tertiary/aromatic N) is 3. The molecule has 8 nitrogen and oxygen atoms in total. The molecule has 178 valence electrons. The molecule has 1 saturated heterocycles. The molecule has 4 aromatic rings. The number of imidazole rings is 1. The number of nitrogens with one attached hydrogen (secondary N) is 2. The molecule has 1 fully saturated rings. The lowest BCUT2D eigenvalue weighted by molar-refractivity contribution is 0.0595. The number of urea groups is 1. The summed E-state index contributed by atoms with van der Waals surface area (Å²) in [6.45, 7) is 1.75. The number of anilines is 1. The number of carbonyl (C=O) groups excluding carboxylic acids is 2. The quantitative estimate of drug-likeness (QED) is 0.440. The molecule has 0 aliphatic carbocycles. The second-order valence-corrected chi connectivity index (χ2v) is 8.54. The van der Waals surface area contributed by atoms with Gasteiger partial charge in [-0.25, -0.2) is 9.78 Å². The summed E-state index contributed by atoms with van der Waals surface area (Å²) in [6.07, 6.45) is 7.16. The molecule has 8 heteroatoms. The first kappa shape index (κ1) is 22.5. The van der Waals surface area contributed by atoms with Crippen LogP contribution in [0, 0.1) is 0 Å². The summed E-state index contributed by atoms with van der Waals surface area (Å²) in [5, 5.41) is 5.70. The van der Waals surface area contributed by atoms with Crippen molar-refractivity contribution in [3.05, 3.63) is 96.4 Å². The van der Waals surface area contributed by atoms with Crippen molar-refractivity contribution >= 4 is 23.3 Å². The highest BCUT2D eigenvalue weighted by atomic mass is 16.5. The minimum absolute atomic E-state index is 0.0596. The second kappa shape index (κ2) is 10.3. The fraction of sp³-hybridized carbons (Fsp3) is 0.222.